The molecule has 0 unspecified atom stereocenters. The van der Waals surface area contributed by atoms with Crippen molar-refractivity contribution in [3.8, 4) is 10.7 Å². The number of rotatable bonds is 7. The zero-order chi connectivity index (χ0) is 24.2. The first-order chi connectivity index (χ1) is 16.4. The molecule has 9 nitrogen and oxygen atoms in total. The number of imidazole rings is 1. The first-order valence-electron chi connectivity index (χ1n) is 10.0. The fourth-order valence-corrected chi connectivity index (χ4v) is 4.52. The first kappa shape index (κ1) is 23.5. The summed E-state index contributed by atoms with van der Waals surface area (Å²) in [6.07, 6.45) is 1.80. The topological polar surface area (TPSA) is 127 Å². The highest BCUT2D eigenvalue weighted by Gasteiger charge is 2.25. The Bertz CT molecular complexity index is 1360. The lowest BCUT2D eigenvalue weighted by molar-refractivity contribution is -0.133. The average molecular weight is 497 g/mol. The smallest absolute Gasteiger partial charge is 0.345 e. The Kier molecular flexibility index (Phi) is 6.94. The van der Waals surface area contributed by atoms with Gasteiger partial charge >= 0.3 is 11.9 Å². The van der Waals surface area contributed by atoms with Crippen LogP contribution in [0.5, 0.6) is 0 Å². The fourth-order valence-electron chi connectivity index (χ4n) is 3.25. The molecule has 0 saturated heterocycles. The molecule has 174 valence electrons. The van der Waals surface area contributed by atoms with E-state index in [2.05, 4.69) is 19.9 Å². The number of benzene rings is 1. The van der Waals surface area contributed by atoms with Crippen LogP contribution in [0.2, 0.25) is 0 Å². The van der Waals surface area contributed by atoms with Gasteiger partial charge in [-0.15, -0.1) is 23.1 Å². The van der Waals surface area contributed by atoms with E-state index in [9.17, 15) is 14.7 Å². The molecule has 0 fully saturated rings. The number of aliphatic hydroxyl groups excluding tert-OH is 1. The molecule has 3 heterocycles. The van der Waals surface area contributed by atoms with Crippen molar-refractivity contribution in [3.05, 3.63) is 64.6 Å². The van der Waals surface area contributed by atoms with Crippen molar-refractivity contribution >= 4 is 51.6 Å². The zero-order valence-corrected chi connectivity index (χ0v) is 20.1. The Morgan fingerprint density at radius 2 is 1.94 bits per heavy atom. The summed E-state index contributed by atoms with van der Waals surface area (Å²) in [5.41, 5.74) is 1.70. The Labute approximate surface area is 202 Å². The van der Waals surface area contributed by atoms with Crippen molar-refractivity contribution in [3.63, 3.8) is 0 Å². The number of para-hydroxylation sites is 2. The molecular weight excluding hydrogens is 476 g/mol. The van der Waals surface area contributed by atoms with Crippen molar-refractivity contribution in [1.82, 2.24) is 19.9 Å². The molecule has 4 rings (SSSR count). The molecule has 0 aliphatic carbocycles. The number of aliphatic hydroxyl groups is 1. The van der Waals surface area contributed by atoms with Gasteiger partial charge in [0.25, 0.3) is 0 Å². The summed E-state index contributed by atoms with van der Waals surface area (Å²) in [6, 6.07) is 10.9. The number of esters is 2. The third kappa shape index (κ3) is 4.66. The van der Waals surface area contributed by atoms with Gasteiger partial charge in [-0.2, -0.15) is 0 Å². The number of aryl methyl sites for hydroxylation is 1. The molecule has 2 N–H and O–H groups in total. The third-order valence-corrected chi connectivity index (χ3v) is 6.39. The Hall–Kier alpha value is -3.70. The molecular formula is C23H20N4O5S2. The van der Waals surface area contributed by atoms with Crippen LogP contribution in [-0.2, 0) is 14.3 Å². The molecule has 0 atom stereocenters. The van der Waals surface area contributed by atoms with Crippen LogP contribution in [0.4, 0.5) is 0 Å². The summed E-state index contributed by atoms with van der Waals surface area (Å²) in [7, 11) is 1.19. The van der Waals surface area contributed by atoms with E-state index < -0.39 is 24.3 Å². The third-order valence-electron chi connectivity index (χ3n) is 4.84. The van der Waals surface area contributed by atoms with E-state index >= 15 is 0 Å². The maximum atomic E-state index is 12.9. The number of nitrogens with zero attached hydrogens (tertiary/aromatic N) is 3. The summed E-state index contributed by atoms with van der Waals surface area (Å²) in [5, 5.41) is 13.0. The minimum absolute atomic E-state index is 0.103. The predicted molar refractivity (Wildman–Crippen MR) is 130 cm³/mol. The number of fused-ring (bicyclic) bond motifs is 1. The second-order valence-corrected chi connectivity index (χ2v) is 8.73. The van der Waals surface area contributed by atoms with E-state index in [-0.39, 0.29) is 17.0 Å². The molecule has 3 aromatic heterocycles. The second kappa shape index (κ2) is 10.1. The average Bonchev–Trinajstić information content (AvgIpc) is 3.52. The van der Waals surface area contributed by atoms with Gasteiger partial charge < -0.3 is 19.6 Å². The standard InChI is InChI=1S/C23H20N4O5S2/c1-12-17(21(33-3)27-19(24-12)16-9-6-10-34-16)23(30)32-11-15(28)18(22(29)31-2)20-25-13-7-4-5-8-14(13)26-20/h4-10,28H,11H2,1-3H3,(H,25,26). The van der Waals surface area contributed by atoms with Crippen LogP contribution in [0.15, 0.2) is 52.6 Å². The molecule has 0 bridgehead atoms. The molecule has 34 heavy (non-hydrogen) atoms. The van der Waals surface area contributed by atoms with Gasteiger partial charge in [0.1, 0.15) is 34.4 Å². The van der Waals surface area contributed by atoms with Gasteiger partial charge in [0.15, 0.2) is 5.82 Å². The minimum atomic E-state index is -0.822. The SMILES string of the molecule is COC(=O)C(=C(O)COC(=O)c1c(C)nc(-c2cccs2)nc1SC)c1nc2ccccc2[nH]1. The summed E-state index contributed by atoms with van der Waals surface area (Å²) < 4.78 is 10.1. The van der Waals surface area contributed by atoms with Crippen LogP contribution >= 0.6 is 23.1 Å². The van der Waals surface area contributed by atoms with Crippen LogP contribution in [0, 0.1) is 6.92 Å². The number of thioether (sulfide) groups is 1. The number of aromatic amines is 1. The lowest BCUT2D eigenvalue weighted by Gasteiger charge is -2.12. The molecule has 0 aliphatic rings. The monoisotopic (exact) mass is 496 g/mol. The first-order valence-corrected chi connectivity index (χ1v) is 12.1. The summed E-state index contributed by atoms with van der Waals surface area (Å²) in [6.45, 7) is 1.12. The quantitative estimate of drug-likeness (QED) is 0.126. The van der Waals surface area contributed by atoms with Gasteiger partial charge in [-0.1, -0.05) is 18.2 Å². The second-order valence-electron chi connectivity index (χ2n) is 6.99. The van der Waals surface area contributed by atoms with Crippen molar-refractivity contribution < 1.29 is 24.2 Å². The number of thiophene rings is 1. The Morgan fingerprint density at radius 1 is 1.15 bits per heavy atom. The van der Waals surface area contributed by atoms with Gasteiger partial charge in [0.2, 0.25) is 0 Å². The van der Waals surface area contributed by atoms with E-state index in [1.165, 1.54) is 30.2 Å². The van der Waals surface area contributed by atoms with Gasteiger partial charge in [0.05, 0.1) is 28.7 Å². The molecule has 0 saturated carbocycles. The molecule has 0 aliphatic heterocycles. The summed E-state index contributed by atoms with van der Waals surface area (Å²) >= 11 is 2.78. The van der Waals surface area contributed by atoms with Gasteiger partial charge in [-0.3, -0.25) is 0 Å². The number of methoxy groups -OCH3 is 1. The number of ether oxygens (including phenoxy) is 2. The number of hydrogen-bond acceptors (Lipinski definition) is 10. The lowest BCUT2D eigenvalue weighted by atomic mass is 10.2. The number of hydrogen-bond donors (Lipinski definition) is 2. The normalized spacial score (nSPS) is 11.9. The molecule has 4 aromatic rings. The van der Waals surface area contributed by atoms with Crippen molar-refractivity contribution in [2.24, 2.45) is 0 Å². The number of carbonyl (C=O) groups excluding carboxylic acids is 2. The van der Waals surface area contributed by atoms with Crippen LogP contribution in [0.25, 0.3) is 27.3 Å². The van der Waals surface area contributed by atoms with Crippen molar-refractivity contribution in [2.75, 3.05) is 20.0 Å². The summed E-state index contributed by atoms with van der Waals surface area (Å²) in [5.74, 6) is -1.42. The maximum Gasteiger partial charge on any atom is 0.345 e. The number of aromatic nitrogens is 4. The molecule has 0 amide bonds. The minimum Gasteiger partial charge on any atom is -0.508 e. The summed E-state index contributed by atoms with van der Waals surface area (Å²) in [4.78, 5) is 42.4. The van der Waals surface area contributed by atoms with Gasteiger partial charge in [-0.25, -0.2) is 24.5 Å². The van der Waals surface area contributed by atoms with Crippen LogP contribution in [-0.4, -0.2) is 57.0 Å². The Balaban J connectivity index is 1.62. The number of nitrogens with one attached hydrogen (secondary N) is 1. The number of H-pyrrole nitrogens is 1. The highest BCUT2D eigenvalue weighted by molar-refractivity contribution is 7.98. The highest BCUT2D eigenvalue weighted by Crippen LogP contribution is 2.28. The highest BCUT2D eigenvalue weighted by atomic mass is 32.2. The fraction of sp³-hybridized carbons (Fsp3) is 0.174. The van der Waals surface area contributed by atoms with E-state index in [1.807, 2.05) is 23.6 Å². The van der Waals surface area contributed by atoms with Crippen molar-refractivity contribution in [1.29, 1.82) is 0 Å². The Morgan fingerprint density at radius 3 is 2.62 bits per heavy atom. The lowest BCUT2D eigenvalue weighted by Crippen LogP contribution is -2.16. The molecule has 11 heteroatoms. The zero-order valence-electron chi connectivity index (χ0n) is 18.5. The molecule has 0 spiro atoms. The van der Waals surface area contributed by atoms with Crippen LogP contribution in [0.3, 0.4) is 0 Å². The van der Waals surface area contributed by atoms with Crippen molar-refractivity contribution in [2.45, 2.75) is 11.9 Å². The van der Waals surface area contributed by atoms with E-state index in [0.29, 0.717) is 27.6 Å². The van der Waals surface area contributed by atoms with Gasteiger partial charge in [-0.05, 0) is 36.8 Å². The van der Waals surface area contributed by atoms with Crippen LogP contribution in [0.1, 0.15) is 21.9 Å². The van der Waals surface area contributed by atoms with Gasteiger partial charge in [0, 0.05) is 0 Å². The van der Waals surface area contributed by atoms with E-state index in [0.717, 1.165) is 4.88 Å². The number of carbonyl (C=O) groups is 2. The van der Waals surface area contributed by atoms with Crippen LogP contribution < -0.4 is 0 Å². The van der Waals surface area contributed by atoms with E-state index in [1.54, 1.807) is 31.4 Å². The molecule has 0 radical (unpaired) electrons. The predicted octanol–water partition coefficient (Wildman–Crippen LogP) is 4.41. The largest absolute Gasteiger partial charge is 0.508 e. The maximum absolute atomic E-state index is 12.9. The molecule has 1 aromatic carbocycles. The van der Waals surface area contributed by atoms with E-state index in [4.69, 9.17) is 9.47 Å².